The summed E-state index contributed by atoms with van der Waals surface area (Å²) < 4.78 is 7.38. The molecule has 2 aromatic rings. The third kappa shape index (κ3) is 4.02. The van der Waals surface area contributed by atoms with Crippen LogP contribution in [0.25, 0.3) is 11.2 Å². The number of aliphatic imine (C=N–C) groups is 1. The number of hydrogen-bond acceptors (Lipinski definition) is 7. The highest BCUT2D eigenvalue weighted by atomic mass is 16.6. The van der Waals surface area contributed by atoms with Gasteiger partial charge in [-0.3, -0.25) is 14.3 Å². The van der Waals surface area contributed by atoms with Crippen molar-refractivity contribution < 1.29 is 14.9 Å². The molecule has 0 aliphatic carbocycles. The van der Waals surface area contributed by atoms with E-state index in [0.717, 1.165) is 0 Å². The maximum Gasteiger partial charge on any atom is 0.280 e. The fourth-order valence-corrected chi connectivity index (χ4v) is 3.06. The summed E-state index contributed by atoms with van der Waals surface area (Å²) >= 11 is 0. The number of aromatic nitrogens is 4. The molecule has 1 fully saturated rings. The molecular formula is C17H26N6O4. The molecular weight excluding hydrogens is 352 g/mol. The van der Waals surface area contributed by atoms with Crippen LogP contribution in [0.15, 0.2) is 16.1 Å². The van der Waals surface area contributed by atoms with Gasteiger partial charge in [0, 0.05) is 14.1 Å². The quantitative estimate of drug-likeness (QED) is 0.519. The largest absolute Gasteiger partial charge is 0.388 e. The molecule has 3 N–H and O–H groups in total. The minimum Gasteiger partial charge on any atom is -0.388 e. The van der Waals surface area contributed by atoms with Crippen LogP contribution in [0, 0.1) is 5.41 Å². The van der Waals surface area contributed by atoms with Gasteiger partial charge in [0.15, 0.2) is 17.4 Å². The zero-order chi connectivity index (χ0) is 19.9. The van der Waals surface area contributed by atoms with Gasteiger partial charge < -0.3 is 19.8 Å². The lowest BCUT2D eigenvalue weighted by molar-refractivity contribution is -0.0456. The molecule has 2 aromatic heterocycles. The van der Waals surface area contributed by atoms with Crippen LogP contribution < -0.4 is 5.56 Å². The molecule has 0 amide bonds. The molecule has 148 valence electrons. The fourth-order valence-electron chi connectivity index (χ4n) is 3.06. The second-order valence-corrected chi connectivity index (χ2v) is 8.23. The van der Waals surface area contributed by atoms with Gasteiger partial charge in [0.25, 0.3) is 5.56 Å². The lowest BCUT2D eigenvalue weighted by Crippen LogP contribution is -2.33. The summed E-state index contributed by atoms with van der Waals surface area (Å²) in [7, 11) is 3.59. The number of rotatable bonds is 4. The Labute approximate surface area is 156 Å². The van der Waals surface area contributed by atoms with E-state index in [9.17, 15) is 15.0 Å². The van der Waals surface area contributed by atoms with Gasteiger partial charge in [-0.15, -0.1) is 0 Å². The third-order valence-corrected chi connectivity index (χ3v) is 4.26. The van der Waals surface area contributed by atoms with E-state index in [1.165, 1.54) is 17.2 Å². The Morgan fingerprint density at radius 3 is 2.70 bits per heavy atom. The average Bonchev–Trinajstić information content (AvgIpc) is 3.08. The minimum atomic E-state index is -1.16. The van der Waals surface area contributed by atoms with E-state index in [-0.39, 0.29) is 22.5 Å². The van der Waals surface area contributed by atoms with Crippen molar-refractivity contribution in [2.75, 3.05) is 14.1 Å². The van der Waals surface area contributed by atoms with E-state index in [4.69, 9.17) is 4.74 Å². The molecule has 0 aromatic carbocycles. The zero-order valence-electron chi connectivity index (χ0n) is 16.1. The Kier molecular flexibility index (Phi) is 5.06. The summed E-state index contributed by atoms with van der Waals surface area (Å²) in [5.74, 6) is 0.113. The Morgan fingerprint density at radius 2 is 2.07 bits per heavy atom. The van der Waals surface area contributed by atoms with Gasteiger partial charge in [-0.1, -0.05) is 20.8 Å². The van der Waals surface area contributed by atoms with Crippen molar-refractivity contribution >= 4 is 23.5 Å². The molecule has 0 saturated carbocycles. The number of nitrogens with zero attached hydrogens (tertiary/aromatic N) is 5. The van der Waals surface area contributed by atoms with E-state index in [2.05, 4.69) is 19.9 Å². The zero-order valence-corrected chi connectivity index (χ0v) is 16.1. The number of aromatic amines is 1. The summed E-state index contributed by atoms with van der Waals surface area (Å²) in [5.41, 5.74) is -0.176. The van der Waals surface area contributed by atoms with Crippen LogP contribution in [0.2, 0.25) is 0 Å². The molecule has 27 heavy (non-hydrogen) atoms. The fraction of sp³-hybridized carbons (Fsp3) is 0.647. The van der Waals surface area contributed by atoms with Crippen molar-refractivity contribution in [1.82, 2.24) is 24.4 Å². The number of nitrogens with one attached hydrogen (secondary N) is 1. The Morgan fingerprint density at radius 1 is 1.37 bits per heavy atom. The van der Waals surface area contributed by atoms with Crippen LogP contribution in [-0.2, 0) is 4.74 Å². The van der Waals surface area contributed by atoms with Crippen molar-refractivity contribution in [3.63, 3.8) is 0 Å². The molecule has 1 saturated heterocycles. The molecule has 0 radical (unpaired) electrons. The monoisotopic (exact) mass is 378 g/mol. The predicted octanol–water partition coefficient (Wildman–Crippen LogP) is 0.396. The third-order valence-electron chi connectivity index (χ3n) is 4.26. The van der Waals surface area contributed by atoms with Gasteiger partial charge >= 0.3 is 0 Å². The van der Waals surface area contributed by atoms with Gasteiger partial charge in [-0.25, -0.2) is 9.98 Å². The van der Waals surface area contributed by atoms with Gasteiger partial charge in [-0.2, -0.15) is 4.98 Å². The summed E-state index contributed by atoms with van der Waals surface area (Å²) in [6, 6.07) is 0. The molecule has 10 heteroatoms. The lowest BCUT2D eigenvalue weighted by Gasteiger charge is -2.24. The number of fused-ring (bicyclic) bond motifs is 1. The first-order chi connectivity index (χ1) is 12.6. The number of aliphatic hydroxyl groups is 2. The summed E-state index contributed by atoms with van der Waals surface area (Å²) in [6.07, 6.45) is -0.167. The van der Waals surface area contributed by atoms with Gasteiger partial charge in [0.05, 0.1) is 18.8 Å². The van der Waals surface area contributed by atoms with Crippen LogP contribution in [0.3, 0.4) is 0 Å². The van der Waals surface area contributed by atoms with Gasteiger partial charge in [0.2, 0.25) is 5.95 Å². The van der Waals surface area contributed by atoms with Gasteiger partial charge in [-0.05, 0) is 11.8 Å². The Balaban J connectivity index is 1.98. The van der Waals surface area contributed by atoms with Crippen molar-refractivity contribution in [3.05, 3.63) is 16.7 Å². The SMILES string of the molecule is CN(C)C=Nc1nc2c(ncn2[C@@H]2O[C@H](CC(C)(C)C)C(O)[C@@H]2O)c(=O)[nH]1. The van der Waals surface area contributed by atoms with Crippen molar-refractivity contribution in [1.29, 1.82) is 0 Å². The normalized spacial score (nSPS) is 26.3. The van der Waals surface area contributed by atoms with E-state index in [1.807, 2.05) is 20.8 Å². The highest BCUT2D eigenvalue weighted by molar-refractivity contribution is 5.71. The van der Waals surface area contributed by atoms with E-state index in [0.29, 0.717) is 6.42 Å². The number of hydrogen-bond donors (Lipinski definition) is 3. The molecule has 3 rings (SSSR count). The van der Waals surface area contributed by atoms with E-state index < -0.39 is 30.1 Å². The number of H-pyrrole nitrogens is 1. The molecule has 10 nitrogen and oxygen atoms in total. The second-order valence-electron chi connectivity index (χ2n) is 8.23. The van der Waals surface area contributed by atoms with E-state index in [1.54, 1.807) is 19.0 Å². The molecule has 3 heterocycles. The number of aliphatic hydroxyl groups excluding tert-OH is 2. The predicted molar refractivity (Wildman–Crippen MR) is 100.0 cm³/mol. The highest BCUT2D eigenvalue weighted by Crippen LogP contribution is 2.36. The molecule has 1 unspecified atom stereocenters. The summed E-state index contributed by atoms with van der Waals surface area (Å²) in [6.45, 7) is 6.10. The van der Waals surface area contributed by atoms with Crippen LogP contribution in [0.5, 0.6) is 0 Å². The molecule has 1 aliphatic heterocycles. The van der Waals surface area contributed by atoms with Crippen LogP contribution >= 0.6 is 0 Å². The molecule has 1 aliphatic rings. The van der Waals surface area contributed by atoms with Crippen LogP contribution in [0.1, 0.15) is 33.4 Å². The van der Waals surface area contributed by atoms with Crippen LogP contribution in [-0.4, -0.2) is 73.4 Å². The highest BCUT2D eigenvalue weighted by Gasteiger charge is 2.45. The first kappa shape index (κ1) is 19.5. The number of imidazole rings is 1. The van der Waals surface area contributed by atoms with Crippen LogP contribution in [0.4, 0.5) is 5.95 Å². The Bertz CT molecular complexity index is 897. The second kappa shape index (κ2) is 7.02. The van der Waals surface area contributed by atoms with Crippen molar-refractivity contribution in [2.24, 2.45) is 10.4 Å². The lowest BCUT2D eigenvalue weighted by atomic mass is 9.87. The Hall–Kier alpha value is -2.30. The average molecular weight is 378 g/mol. The molecule has 0 spiro atoms. The standard InChI is InChI=1S/C17H26N6O4/c1-17(2,3)6-9-11(24)12(25)15(27-9)23-8-18-10-13(23)20-16(21-14(10)26)19-7-22(4)5/h7-9,11-12,15,24-25H,6H2,1-5H3,(H,20,21,26)/t9-,11?,12+,15-/m1/s1. The number of ether oxygens (including phenoxy) is 1. The summed E-state index contributed by atoms with van der Waals surface area (Å²) in [5, 5.41) is 20.9. The minimum absolute atomic E-state index is 0.0826. The van der Waals surface area contributed by atoms with Crippen molar-refractivity contribution in [2.45, 2.75) is 51.7 Å². The van der Waals surface area contributed by atoms with Crippen molar-refractivity contribution in [3.8, 4) is 0 Å². The molecule has 4 atom stereocenters. The topological polar surface area (TPSA) is 129 Å². The first-order valence-corrected chi connectivity index (χ1v) is 8.76. The maximum atomic E-state index is 12.3. The smallest absolute Gasteiger partial charge is 0.280 e. The maximum absolute atomic E-state index is 12.3. The van der Waals surface area contributed by atoms with Gasteiger partial charge in [0.1, 0.15) is 12.2 Å². The summed E-state index contributed by atoms with van der Waals surface area (Å²) in [4.78, 5) is 29.0. The molecule has 0 bridgehead atoms. The first-order valence-electron chi connectivity index (χ1n) is 8.76. The van der Waals surface area contributed by atoms with E-state index >= 15 is 0 Å².